The summed E-state index contributed by atoms with van der Waals surface area (Å²) in [5.74, 6) is 0.932. The normalized spacial score (nSPS) is 11.9. The molecule has 0 saturated heterocycles. The fraction of sp³-hybridized carbons (Fsp3) is 0.333. The summed E-state index contributed by atoms with van der Waals surface area (Å²) in [7, 11) is 0. The second-order valence-corrected chi connectivity index (χ2v) is 14.3. The van der Waals surface area contributed by atoms with Crippen molar-refractivity contribution in [2.45, 2.75) is 77.4 Å². The van der Waals surface area contributed by atoms with Crippen LogP contribution in [0.5, 0.6) is 11.5 Å². The molecule has 1 N–H and O–H groups in total. The number of aliphatic hydroxyl groups excluding tert-OH is 1. The van der Waals surface area contributed by atoms with E-state index in [1.54, 1.807) is 24.3 Å². The smallest absolute Gasteiger partial charge is 0.344 e. The molecular formula is C48H52O9. The van der Waals surface area contributed by atoms with E-state index in [1.165, 1.54) is 43.1 Å². The minimum Gasteiger partial charge on any atom is -0.499 e. The van der Waals surface area contributed by atoms with Crippen LogP contribution in [-0.2, 0) is 22.3 Å². The van der Waals surface area contributed by atoms with Gasteiger partial charge in [0.15, 0.2) is 0 Å². The maximum Gasteiger partial charge on any atom is 0.344 e. The lowest BCUT2D eigenvalue weighted by atomic mass is 10.0. The molecule has 1 atom stereocenters. The van der Waals surface area contributed by atoms with Crippen LogP contribution >= 0.6 is 0 Å². The highest BCUT2D eigenvalue weighted by Gasteiger charge is 2.17. The van der Waals surface area contributed by atoms with Gasteiger partial charge in [-0.05, 0) is 84.3 Å². The molecule has 0 fully saturated rings. The van der Waals surface area contributed by atoms with E-state index in [4.69, 9.17) is 27.8 Å². The molecule has 0 amide bonds. The van der Waals surface area contributed by atoms with Gasteiger partial charge in [-0.2, -0.15) is 0 Å². The van der Waals surface area contributed by atoms with Crippen LogP contribution < -0.4 is 20.7 Å². The van der Waals surface area contributed by atoms with Gasteiger partial charge in [-0.15, -0.1) is 0 Å². The molecule has 2 heterocycles. The number of hydrogen-bond donors (Lipinski definition) is 1. The average Bonchev–Trinajstić information content (AvgIpc) is 3.22. The molecule has 4 aromatic carbocycles. The summed E-state index contributed by atoms with van der Waals surface area (Å²) >= 11 is 0. The summed E-state index contributed by atoms with van der Waals surface area (Å²) in [6.07, 6.45) is 8.79. The first kappa shape index (κ1) is 41.0. The van der Waals surface area contributed by atoms with Crippen molar-refractivity contribution in [1.82, 2.24) is 0 Å². The molecule has 6 rings (SSSR count). The van der Waals surface area contributed by atoms with E-state index in [-0.39, 0.29) is 26.4 Å². The number of hydrogen-bond acceptors (Lipinski definition) is 9. The van der Waals surface area contributed by atoms with Crippen LogP contribution in [0.15, 0.2) is 128 Å². The molecule has 57 heavy (non-hydrogen) atoms. The number of aryl methyl sites for hydroxylation is 2. The van der Waals surface area contributed by atoms with Gasteiger partial charge in [-0.25, -0.2) is 9.59 Å². The van der Waals surface area contributed by atoms with Crippen molar-refractivity contribution < 1.29 is 32.9 Å². The highest BCUT2D eigenvalue weighted by atomic mass is 16.6. The summed E-state index contributed by atoms with van der Waals surface area (Å²) < 4.78 is 34.8. The molecule has 9 heteroatoms. The Hall–Kier alpha value is -5.64. The molecule has 0 saturated carbocycles. The SMILES string of the molecule is C=COCC(O)COC(COc1ccc2cc(-c3ccc(CCCCC)cc3)c(=O)oc2c1)COc1ccc2cc(-c3ccc(CCCCC)cc3)c(=O)oc2c1. The quantitative estimate of drug-likeness (QED) is 0.0409. The fourth-order valence-electron chi connectivity index (χ4n) is 6.62. The highest BCUT2D eigenvalue weighted by Crippen LogP contribution is 2.27. The molecule has 9 nitrogen and oxygen atoms in total. The Morgan fingerprint density at radius 2 is 1.09 bits per heavy atom. The summed E-state index contributed by atoms with van der Waals surface area (Å²) in [6.45, 7) is 7.96. The summed E-state index contributed by atoms with van der Waals surface area (Å²) in [6, 6.07) is 30.5. The van der Waals surface area contributed by atoms with Crippen LogP contribution in [0.25, 0.3) is 44.2 Å². The standard InChI is InChI=1S/C48H52O9/c1-4-7-9-11-33-13-17-35(18-14-33)43-25-37-21-23-40(27-45(37)56-47(43)50)54-31-42(53-30-39(49)29-52-6-3)32-55-41-24-22-38-26-44(48(51)57-46(38)28-41)36-19-15-34(16-20-36)12-10-8-5-2/h6,13-28,39,42,49H,3-5,7-12,29-32H2,1-2H3. The number of rotatable bonds is 22. The van der Waals surface area contributed by atoms with Gasteiger partial charge in [0.2, 0.25) is 0 Å². The minimum atomic E-state index is -0.909. The lowest BCUT2D eigenvalue weighted by molar-refractivity contribution is -0.0575. The maximum absolute atomic E-state index is 13.1. The lowest BCUT2D eigenvalue weighted by Gasteiger charge is -2.21. The van der Waals surface area contributed by atoms with Gasteiger partial charge in [0.1, 0.15) is 54.7 Å². The monoisotopic (exact) mass is 772 g/mol. The van der Waals surface area contributed by atoms with Crippen molar-refractivity contribution in [2.24, 2.45) is 0 Å². The van der Waals surface area contributed by atoms with Crippen LogP contribution in [0, 0.1) is 0 Å². The van der Waals surface area contributed by atoms with Gasteiger partial charge in [-0.3, -0.25) is 0 Å². The molecular weight excluding hydrogens is 721 g/mol. The first-order valence-corrected chi connectivity index (χ1v) is 20.0. The summed E-state index contributed by atoms with van der Waals surface area (Å²) in [4.78, 5) is 26.1. The van der Waals surface area contributed by atoms with Crippen molar-refractivity contribution in [3.63, 3.8) is 0 Å². The molecule has 0 aliphatic heterocycles. The first-order chi connectivity index (χ1) is 27.8. The van der Waals surface area contributed by atoms with E-state index in [2.05, 4.69) is 44.7 Å². The average molecular weight is 773 g/mol. The maximum atomic E-state index is 13.1. The Bertz CT molecular complexity index is 2170. The summed E-state index contributed by atoms with van der Waals surface area (Å²) in [5.41, 5.74) is 5.03. The predicted octanol–water partition coefficient (Wildman–Crippen LogP) is 10.1. The van der Waals surface area contributed by atoms with Gasteiger partial charge in [0.05, 0.1) is 24.0 Å². The molecule has 0 radical (unpaired) electrons. The van der Waals surface area contributed by atoms with E-state index >= 15 is 0 Å². The molecule has 0 spiro atoms. The Balaban J connectivity index is 1.12. The van der Waals surface area contributed by atoms with Crippen molar-refractivity contribution in [1.29, 1.82) is 0 Å². The second kappa shape index (κ2) is 20.5. The van der Waals surface area contributed by atoms with E-state index < -0.39 is 23.5 Å². The third-order valence-electron chi connectivity index (χ3n) is 9.89. The van der Waals surface area contributed by atoms with Crippen LogP contribution in [-0.4, -0.2) is 43.7 Å². The minimum absolute atomic E-state index is 0.0154. The number of fused-ring (bicyclic) bond motifs is 2. The van der Waals surface area contributed by atoms with E-state index in [1.807, 2.05) is 48.5 Å². The molecule has 0 aliphatic carbocycles. The second-order valence-electron chi connectivity index (χ2n) is 14.3. The summed E-state index contributed by atoms with van der Waals surface area (Å²) in [5, 5.41) is 11.9. The zero-order chi connectivity index (χ0) is 40.0. The molecule has 6 aromatic rings. The molecule has 298 valence electrons. The number of ether oxygens (including phenoxy) is 4. The van der Waals surface area contributed by atoms with Gasteiger partial charge in [0.25, 0.3) is 0 Å². The van der Waals surface area contributed by atoms with Crippen LogP contribution in [0.4, 0.5) is 0 Å². The van der Waals surface area contributed by atoms with Gasteiger partial charge in [-0.1, -0.05) is 94.6 Å². The zero-order valence-corrected chi connectivity index (χ0v) is 32.9. The Labute approximate surface area is 333 Å². The Kier molecular flexibility index (Phi) is 14.7. The van der Waals surface area contributed by atoms with E-state index in [0.717, 1.165) is 47.6 Å². The highest BCUT2D eigenvalue weighted by molar-refractivity contribution is 5.83. The lowest BCUT2D eigenvalue weighted by Crippen LogP contribution is -2.33. The number of benzene rings is 4. The fourth-order valence-corrected chi connectivity index (χ4v) is 6.62. The zero-order valence-electron chi connectivity index (χ0n) is 32.9. The number of unbranched alkanes of at least 4 members (excludes halogenated alkanes) is 4. The van der Waals surface area contributed by atoms with Gasteiger partial charge >= 0.3 is 11.3 Å². The number of aliphatic hydroxyl groups is 1. The van der Waals surface area contributed by atoms with Crippen molar-refractivity contribution in [2.75, 3.05) is 26.4 Å². The molecule has 0 aliphatic rings. The Morgan fingerprint density at radius 3 is 1.53 bits per heavy atom. The predicted molar refractivity (Wildman–Crippen MR) is 225 cm³/mol. The van der Waals surface area contributed by atoms with Gasteiger partial charge in [0, 0.05) is 22.9 Å². The van der Waals surface area contributed by atoms with Crippen LogP contribution in [0.1, 0.15) is 63.5 Å². The van der Waals surface area contributed by atoms with E-state index in [9.17, 15) is 14.7 Å². The Morgan fingerprint density at radius 1 is 0.614 bits per heavy atom. The third kappa shape index (κ3) is 11.5. The van der Waals surface area contributed by atoms with Crippen molar-refractivity contribution >= 4 is 21.9 Å². The molecule has 0 bridgehead atoms. The topological polar surface area (TPSA) is 118 Å². The van der Waals surface area contributed by atoms with Crippen LogP contribution in [0.3, 0.4) is 0 Å². The first-order valence-electron chi connectivity index (χ1n) is 20.0. The van der Waals surface area contributed by atoms with Gasteiger partial charge < -0.3 is 32.9 Å². The third-order valence-corrected chi connectivity index (χ3v) is 9.89. The molecule has 1 unspecified atom stereocenters. The van der Waals surface area contributed by atoms with Crippen molar-refractivity contribution in [3.8, 4) is 33.8 Å². The van der Waals surface area contributed by atoms with E-state index in [0.29, 0.717) is 33.8 Å². The van der Waals surface area contributed by atoms with Crippen molar-refractivity contribution in [3.05, 3.63) is 142 Å². The van der Waals surface area contributed by atoms with Crippen LogP contribution in [0.2, 0.25) is 0 Å². The largest absolute Gasteiger partial charge is 0.499 e. The molecule has 2 aromatic heterocycles.